The minimum absolute atomic E-state index is 0.0843. The van der Waals surface area contributed by atoms with Gasteiger partial charge in [0.25, 0.3) is 5.78 Å². The first-order chi connectivity index (χ1) is 11.5. The molecule has 0 saturated heterocycles. The van der Waals surface area contributed by atoms with Crippen LogP contribution in [0.2, 0.25) is 0 Å². The molecule has 0 aliphatic carbocycles. The average molecular weight is 345 g/mol. The molecule has 1 amide bonds. The summed E-state index contributed by atoms with van der Waals surface area (Å²) in [6, 6.07) is 0. The molecule has 0 saturated carbocycles. The average Bonchev–Trinajstić information content (AvgIpc) is 3.16. The van der Waals surface area contributed by atoms with Crippen molar-refractivity contribution >= 4 is 28.2 Å². The third kappa shape index (κ3) is 3.25. The van der Waals surface area contributed by atoms with Gasteiger partial charge >= 0.3 is 0 Å². The first kappa shape index (κ1) is 16.4. The van der Waals surface area contributed by atoms with Crippen LogP contribution in [0, 0.1) is 13.8 Å². The molecule has 126 valence electrons. The van der Waals surface area contributed by atoms with E-state index < -0.39 is 0 Å². The van der Waals surface area contributed by atoms with E-state index in [0.29, 0.717) is 29.7 Å². The number of aromatic nitrogens is 6. The monoisotopic (exact) mass is 345 g/mol. The molecule has 8 nitrogen and oxygen atoms in total. The van der Waals surface area contributed by atoms with Gasteiger partial charge in [0, 0.05) is 23.7 Å². The molecule has 3 heterocycles. The van der Waals surface area contributed by atoms with Gasteiger partial charge in [-0.25, -0.2) is 9.50 Å². The SMILES string of the molecule is Cc1nc2ncnn2c(C)c1CCC(=O)Nc1nnc(C(C)C)s1. The van der Waals surface area contributed by atoms with Gasteiger partial charge in [0.2, 0.25) is 11.0 Å². The van der Waals surface area contributed by atoms with Crippen LogP contribution < -0.4 is 5.32 Å². The smallest absolute Gasteiger partial charge is 0.252 e. The fourth-order valence-corrected chi connectivity index (χ4v) is 3.22. The fourth-order valence-electron chi connectivity index (χ4n) is 2.46. The maximum atomic E-state index is 12.2. The highest BCUT2D eigenvalue weighted by atomic mass is 32.1. The van der Waals surface area contributed by atoms with E-state index in [4.69, 9.17) is 0 Å². The summed E-state index contributed by atoms with van der Waals surface area (Å²) in [5.41, 5.74) is 2.85. The van der Waals surface area contributed by atoms with E-state index in [1.165, 1.54) is 17.7 Å². The first-order valence-electron chi connectivity index (χ1n) is 7.74. The summed E-state index contributed by atoms with van der Waals surface area (Å²) in [5, 5.41) is 16.5. The molecule has 0 spiro atoms. The van der Waals surface area contributed by atoms with Gasteiger partial charge < -0.3 is 5.32 Å². The zero-order chi connectivity index (χ0) is 17.3. The van der Waals surface area contributed by atoms with Gasteiger partial charge in [-0.2, -0.15) is 10.1 Å². The van der Waals surface area contributed by atoms with Crippen molar-refractivity contribution < 1.29 is 4.79 Å². The second-order valence-electron chi connectivity index (χ2n) is 5.88. The summed E-state index contributed by atoms with van der Waals surface area (Å²) < 4.78 is 1.69. The van der Waals surface area contributed by atoms with Crippen molar-refractivity contribution in [1.82, 2.24) is 29.8 Å². The number of anilines is 1. The Bertz CT molecular complexity index is 883. The second-order valence-corrected chi connectivity index (χ2v) is 6.89. The Balaban J connectivity index is 1.67. The van der Waals surface area contributed by atoms with Crippen LogP contribution in [-0.2, 0) is 11.2 Å². The Morgan fingerprint density at radius 3 is 2.83 bits per heavy atom. The van der Waals surface area contributed by atoms with E-state index >= 15 is 0 Å². The van der Waals surface area contributed by atoms with Gasteiger partial charge in [-0.3, -0.25) is 4.79 Å². The van der Waals surface area contributed by atoms with Crippen LogP contribution in [0.3, 0.4) is 0 Å². The quantitative estimate of drug-likeness (QED) is 0.762. The number of hydrogen-bond acceptors (Lipinski definition) is 7. The zero-order valence-electron chi connectivity index (χ0n) is 14.1. The lowest BCUT2D eigenvalue weighted by Gasteiger charge is -2.09. The number of fused-ring (bicyclic) bond motifs is 1. The highest BCUT2D eigenvalue weighted by Gasteiger charge is 2.14. The number of nitrogens with zero attached hydrogens (tertiary/aromatic N) is 6. The molecule has 3 aromatic heterocycles. The Morgan fingerprint density at radius 2 is 2.12 bits per heavy atom. The standard InChI is InChI=1S/C15H19N7OS/c1-8(2)13-20-21-15(24-13)19-12(23)6-5-11-9(3)18-14-16-7-17-22(14)10(11)4/h7-8H,5-6H2,1-4H3,(H,19,21,23). The van der Waals surface area contributed by atoms with Crippen molar-refractivity contribution in [3.05, 3.63) is 28.3 Å². The van der Waals surface area contributed by atoms with E-state index in [2.05, 4.69) is 30.6 Å². The molecule has 0 aromatic carbocycles. The molecule has 0 bridgehead atoms. The lowest BCUT2D eigenvalue weighted by atomic mass is 10.1. The molecule has 0 aliphatic rings. The second kappa shape index (κ2) is 6.60. The summed E-state index contributed by atoms with van der Waals surface area (Å²) in [7, 11) is 0. The minimum atomic E-state index is -0.0843. The van der Waals surface area contributed by atoms with Crippen LogP contribution in [-0.4, -0.2) is 35.7 Å². The van der Waals surface area contributed by atoms with Crippen LogP contribution in [0.15, 0.2) is 6.33 Å². The van der Waals surface area contributed by atoms with E-state index in [-0.39, 0.29) is 5.91 Å². The molecule has 3 aromatic rings. The van der Waals surface area contributed by atoms with Gasteiger partial charge in [0.15, 0.2) is 0 Å². The van der Waals surface area contributed by atoms with Gasteiger partial charge in [0.05, 0.1) is 0 Å². The molecule has 1 N–H and O–H groups in total. The summed E-state index contributed by atoms with van der Waals surface area (Å²) in [5.74, 6) is 0.797. The number of rotatable bonds is 5. The summed E-state index contributed by atoms with van der Waals surface area (Å²) in [6.45, 7) is 7.98. The number of carbonyl (C=O) groups excluding carboxylic acids is 1. The fraction of sp³-hybridized carbons (Fsp3) is 0.467. The topological polar surface area (TPSA) is 98.0 Å². The number of nitrogens with one attached hydrogen (secondary N) is 1. The normalized spacial score (nSPS) is 11.4. The Hall–Kier alpha value is -2.42. The molecule has 0 unspecified atom stereocenters. The summed E-state index contributed by atoms with van der Waals surface area (Å²) >= 11 is 1.41. The van der Waals surface area contributed by atoms with Crippen molar-refractivity contribution in [1.29, 1.82) is 0 Å². The van der Waals surface area contributed by atoms with E-state index in [0.717, 1.165) is 22.0 Å². The van der Waals surface area contributed by atoms with Gasteiger partial charge in [-0.1, -0.05) is 25.2 Å². The van der Waals surface area contributed by atoms with Crippen LogP contribution in [0.25, 0.3) is 5.78 Å². The Kier molecular flexibility index (Phi) is 4.52. The van der Waals surface area contributed by atoms with Crippen LogP contribution >= 0.6 is 11.3 Å². The maximum absolute atomic E-state index is 12.2. The third-order valence-corrected chi connectivity index (χ3v) is 4.91. The van der Waals surface area contributed by atoms with Gasteiger partial charge in [0.1, 0.15) is 11.3 Å². The summed E-state index contributed by atoms with van der Waals surface area (Å²) in [4.78, 5) is 20.7. The molecule has 9 heteroatoms. The molecule has 0 radical (unpaired) electrons. The molecule has 0 atom stereocenters. The van der Waals surface area contributed by atoms with Crippen molar-refractivity contribution in [2.45, 2.75) is 46.5 Å². The number of aryl methyl sites for hydroxylation is 2. The Morgan fingerprint density at radius 1 is 1.33 bits per heavy atom. The lowest BCUT2D eigenvalue weighted by Crippen LogP contribution is -2.14. The molecule has 0 fully saturated rings. The molecular weight excluding hydrogens is 326 g/mol. The van der Waals surface area contributed by atoms with Crippen LogP contribution in [0.1, 0.15) is 48.1 Å². The van der Waals surface area contributed by atoms with E-state index in [1.807, 2.05) is 27.7 Å². The highest BCUT2D eigenvalue weighted by molar-refractivity contribution is 7.15. The molecular formula is C15H19N7OS. The number of amides is 1. The van der Waals surface area contributed by atoms with Crippen molar-refractivity contribution in [2.75, 3.05) is 5.32 Å². The highest BCUT2D eigenvalue weighted by Crippen LogP contribution is 2.22. The Labute approximate surface area is 143 Å². The van der Waals surface area contributed by atoms with Crippen molar-refractivity contribution in [2.24, 2.45) is 0 Å². The molecule has 0 aliphatic heterocycles. The van der Waals surface area contributed by atoms with Crippen molar-refractivity contribution in [3.8, 4) is 0 Å². The first-order valence-corrected chi connectivity index (χ1v) is 8.56. The predicted molar refractivity (Wildman–Crippen MR) is 91.2 cm³/mol. The van der Waals surface area contributed by atoms with Gasteiger partial charge in [-0.05, 0) is 25.8 Å². The van der Waals surface area contributed by atoms with E-state index in [9.17, 15) is 4.79 Å². The van der Waals surface area contributed by atoms with Crippen LogP contribution in [0.5, 0.6) is 0 Å². The predicted octanol–water partition coefficient (Wildman–Crippen LogP) is 2.29. The van der Waals surface area contributed by atoms with E-state index in [1.54, 1.807) is 4.52 Å². The van der Waals surface area contributed by atoms with Crippen molar-refractivity contribution in [3.63, 3.8) is 0 Å². The summed E-state index contributed by atoms with van der Waals surface area (Å²) in [6.07, 6.45) is 2.41. The minimum Gasteiger partial charge on any atom is -0.301 e. The number of carbonyl (C=O) groups is 1. The largest absolute Gasteiger partial charge is 0.301 e. The number of hydrogen-bond donors (Lipinski definition) is 1. The zero-order valence-corrected chi connectivity index (χ0v) is 14.9. The van der Waals surface area contributed by atoms with Crippen LogP contribution in [0.4, 0.5) is 5.13 Å². The molecule has 24 heavy (non-hydrogen) atoms. The maximum Gasteiger partial charge on any atom is 0.252 e. The lowest BCUT2D eigenvalue weighted by molar-refractivity contribution is -0.116. The molecule has 3 rings (SSSR count). The third-order valence-electron chi connectivity index (χ3n) is 3.77. The van der Waals surface area contributed by atoms with Gasteiger partial charge in [-0.15, -0.1) is 10.2 Å².